The van der Waals surface area contributed by atoms with E-state index in [-0.39, 0.29) is 0 Å². The Balaban J connectivity index is 2.23. The van der Waals surface area contributed by atoms with E-state index >= 15 is 0 Å². The second-order valence-corrected chi connectivity index (χ2v) is 9.80. The van der Waals surface area contributed by atoms with Crippen molar-refractivity contribution in [3.05, 3.63) is 47.5 Å². The summed E-state index contributed by atoms with van der Waals surface area (Å²) in [7, 11) is -3.60. The van der Waals surface area contributed by atoms with E-state index in [1.54, 1.807) is 36.4 Å². The predicted octanol–water partition coefficient (Wildman–Crippen LogP) is 5.93. The Labute approximate surface area is 176 Å². The second kappa shape index (κ2) is 11.2. The Hall–Kier alpha value is -2.01. The number of nitrogens with two attached hydrogens (primary N) is 2. The minimum Gasteiger partial charge on any atom is -0.399 e. The monoisotopic (exact) mass is 416 g/mol. The molecule has 0 aliphatic carbocycles. The molecule has 29 heavy (non-hydrogen) atoms. The van der Waals surface area contributed by atoms with E-state index in [0.29, 0.717) is 21.2 Å². The van der Waals surface area contributed by atoms with Crippen molar-refractivity contribution in [2.24, 2.45) is 0 Å². The normalized spacial score (nSPS) is 11.7. The van der Waals surface area contributed by atoms with Gasteiger partial charge in [0.25, 0.3) is 0 Å². The topological polar surface area (TPSA) is 86.2 Å². The molecule has 2 aromatic rings. The Bertz CT molecular complexity index is 824. The van der Waals surface area contributed by atoms with E-state index in [0.717, 1.165) is 49.7 Å². The zero-order valence-electron chi connectivity index (χ0n) is 17.9. The average molecular weight is 417 g/mol. The van der Waals surface area contributed by atoms with Crippen LogP contribution in [0, 0.1) is 0 Å². The average Bonchev–Trinajstić information content (AvgIpc) is 2.70. The molecule has 5 heteroatoms. The standard InChI is InChI=1S/C24H36N2O2S/c1-3-5-7-9-11-19-17-21(13-15-23(19)25)29(27,28)22-14-16-24(26)20(18-22)12-10-8-6-4-2/h13-18H,3-12,25-26H2,1-2H3. The van der Waals surface area contributed by atoms with Crippen LogP contribution in [0.1, 0.15) is 76.3 Å². The van der Waals surface area contributed by atoms with Crippen LogP contribution < -0.4 is 11.5 Å². The molecule has 2 aromatic carbocycles. The number of rotatable bonds is 12. The van der Waals surface area contributed by atoms with E-state index in [4.69, 9.17) is 11.5 Å². The third kappa shape index (κ3) is 6.49. The van der Waals surface area contributed by atoms with Gasteiger partial charge in [-0.25, -0.2) is 8.42 Å². The molecule has 4 nitrogen and oxygen atoms in total. The molecule has 0 saturated carbocycles. The minimum absolute atomic E-state index is 0.305. The molecule has 160 valence electrons. The summed E-state index contributed by atoms with van der Waals surface area (Å²) in [5, 5.41) is 0. The number of benzene rings is 2. The zero-order valence-corrected chi connectivity index (χ0v) is 18.7. The van der Waals surface area contributed by atoms with Gasteiger partial charge in [-0.15, -0.1) is 0 Å². The van der Waals surface area contributed by atoms with Crippen molar-refractivity contribution in [2.75, 3.05) is 11.5 Å². The van der Waals surface area contributed by atoms with Crippen LogP contribution >= 0.6 is 0 Å². The van der Waals surface area contributed by atoms with Crippen LogP contribution in [0.2, 0.25) is 0 Å². The maximum atomic E-state index is 13.2. The van der Waals surface area contributed by atoms with Gasteiger partial charge >= 0.3 is 0 Å². The number of nitrogen functional groups attached to an aromatic ring is 2. The number of anilines is 2. The van der Waals surface area contributed by atoms with Crippen molar-refractivity contribution >= 4 is 21.2 Å². The fraction of sp³-hybridized carbons (Fsp3) is 0.500. The maximum absolute atomic E-state index is 13.2. The number of sulfone groups is 1. The van der Waals surface area contributed by atoms with Gasteiger partial charge in [-0.1, -0.05) is 52.4 Å². The highest BCUT2D eigenvalue weighted by Gasteiger charge is 2.20. The first kappa shape index (κ1) is 23.3. The second-order valence-electron chi connectivity index (χ2n) is 7.85. The molecule has 4 N–H and O–H groups in total. The highest BCUT2D eigenvalue weighted by molar-refractivity contribution is 7.91. The van der Waals surface area contributed by atoms with Crippen molar-refractivity contribution < 1.29 is 8.42 Å². The number of hydrogen-bond acceptors (Lipinski definition) is 4. The van der Waals surface area contributed by atoms with Crippen LogP contribution in [-0.4, -0.2) is 8.42 Å². The van der Waals surface area contributed by atoms with E-state index in [2.05, 4.69) is 13.8 Å². The van der Waals surface area contributed by atoms with Crippen LogP contribution in [0.5, 0.6) is 0 Å². The van der Waals surface area contributed by atoms with Crippen molar-refractivity contribution in [1.29, 1.82) is 0 Å². The third-order valence-corrected chi connectivity index (χ3v) is 7.20. The number of unbranched alkanes of at least 4 members (excludes halogenated alkanes) is 6. The lowest BCUT2D eigenvalue weighted by atomic mass is 10.0. The minimum atomic E-state index is -3.60. The van der Waals surface area contributed by atoms with Gasteiger partial charge in [-0.05, 0) is 73.2 Å². The maximum Gasteiger partial charge on any atom is 0.206 e. The molecule has 0 aliphatic rings. The largest absolute Gasteiger partial charge is 0.399 e. The van der Waals surface area contributed by atoms with Gasteiger partial charge in [0.15, 0.2) is 0 Å². The van der Waals surface area contributed by atoms with E-state index in [9.17, 15) is 8.42 Å². The molecule has 0 saturated heterocycles. The van der Waals surface area contributed by atoms with Crippen LogP contribution in [0.3, 0.4) is 0 Å². The van der Waals surface area contributed by atoms with Crippen LogP contribution in [0.25, 0.3) is 0 Å². The highest BCUT2D eigenvalue weighted by Crippen LogP contribution is 2.28. The summed E-state index contributed by atoms with van der Waals surface area (Å²) in [5.41, 5.74) is 15.3. The first-order valence-electron chi connectivity index (χ1n) is 10.9. The summed E-state index contributed by atoms with van der Waals surface area (Å²) in [5.74, 6) is 0. The summed E-state index contributed by atoms with van der Waals surface area (Å²) < 4.78 is 26.5. The number of aryl methyl sites for hydroxylation is 2. The van der Waals surface area contributed by atoms with Gasteiger partial charge < -0.3 is 11.5 Å². The van der Waals surface area contributed by atoms with Crippen molar-refractivity contribution in [2.45, 2.75) is 87.8 Å². The zero-order chi connectivity index (χ0) is 21.3. The molecule has 0 spiro atoms. The molecule has 0 radical (unpaired) electrons. The lowest BCUT2D eigenvalue weighted by Gasteiger charge is -2.12. The van der Waals surface area contributed by atoms with Gasteiger partial charge in [0.05, 0.1) is 9.79 Å². The summed E-state index contributed by atoms with van der Waals surface area (Å²) in [4.78, 5) is 0.609. The summed E-state index contributed by atoms with van der Waals surface area (Å²) >= 11 is 0. The van der Waals surface area contributed by atoms with Gasteiger partial charge in [0.1, 0.15) is 0 Å². The summed E-state index contributed by atoms with van der Waals surface area (Å²) in [6.45, 7) is 4.35. The fourth-order valence-corrected chi connectivity index (χ4v) is 4.91. The Morgan fingerprint density at radius 3 is 1.45 bits per heavy atom. The van der Waals surface area contributed by atoms with Gasteiger partial charge in [0, 0.05) is 11.4 Å². The van der Waals surface area contributed by atoms with Gasteiger partial charge in [0.2, 0.25) is 9.84 Å². The molecule has 0 bridgehead atoms. The van der Waals surface area contributed by atoms with E-state index in [1.165, 1.54) is 25.7 Å². The fourth-order valence-electron chi connectivity index (χ4n) is 3.55. The first-order valence-corrected chi connectivity index (χ1v) is 12.4. The highest BCUT2D eigenvalue weighted by atomic mass is 32.2. The molecular weight excluding hydrogens is 380 g/mol. The van der Waals surface area contributed by atoms with Gasteiger partial charge in [-0.3, -0.25) is 0 Å². The van der Waals surface area contributed by atoms with Crippen LogP contribution in [0.15, 0.2) is 46.2 Å². The summed E-state index contributed by atoms with van der Waals surface area (Å²) in [6.07, 6.45) is 10.6. The molecule has 0 atom stereocenters. The number of hydrogen-bond donors (Lipinski definition) is 2. The predicted molar refractivity (Wildman–Crippen MR) is 123 cm³/mol. The van der Waals surface area contributed by atoms with E-state index in [1.807, 2.05) is 0 Å². The molecule has 2 rings (SSSR count). The molecule has 0 heterocycles. The molecule has 0 amide bonds. The smallest absolute Gasteiger partial charge is 0.206 e. The van der Waals surface area contributed by atoms with Crippen LogP contribution in [-0.2, 0) is 22.7 Å². The lowest BCUT2D eigenvalue weighted by molar-refractivity contribution is 0.595. The molecule has 0 fully saturated rings. The van der Waals surface area contributed by atoms with Crippen molar-refractivity contribution in [3.8, 4) is 0 Å². The third-order valence-electron chi connectivity index (χ3n) is 5.45. The van der Waals surface area contributed by atoms with Crippen LogP contribution in [0.4, 0.5) is 11.4 Å². The quantitative estimate of drug-likeness (QED) is 0.332. The lowest BCUT2D eigenvalue weighted by Crippen LogP contribution is -2.06. The van der Waals surface area contributed by atoms with Crippen molar-refractivity contribution in [3.63, 3.8) is 0 Å². The van der Waals surface area contributed by atoms with Gasteiger partial charge in [-0.2, -0.15) is 0 Å². The molecular formula is C24H36N2O2S. The Morgan fingerprint density at radius 1 is 0.655 bits per heavy atom. The molecule has 0 aliphatic heterocycles. The molecule has 0 aromatic heterocycles. The SMILES string of the molecule is CCCCCCc1cc(S(=O)(=O)c2ccc(N)c(CCCCCC)c2)ccc1N. The Morgan fingerprint density at radius 2 is 1.07 bits per heavy atom. The first-order chi connectivity index (χ1) is 13.9. The Kier molecular flexibility index (Phi) is 9.02. The summed E-state index contributed by atoms with van der Waals surface area (Å²) in [6, 6.07) is 10.1. The van der Waals surface area contributed by atoms with Crippen molar-refractivity contribution in [1.82, 2.24) is 0 Å². The van der Waals surface area contributed by atoms with E-state index < -0.39 is 9.84 Å². The molecule has 0 unspecified atom stereocenters.